The summed E-state index contributed by atoms with van der Waals surface area (Å²) in [7, 11) is 0. The van der Waals surface area contributed by atoms with Crippen LogP contribution in [0.1, 0.15) is 31.0 Å². The number of rotatable bonds is 5. The van der Waals surface area contributed by atoms with Crippen molar-refractivity contribution in [1.29, 1.82) is 0 Å². The monoisotopic (exact) mass is 333 g/mol. The largest absolute Gasteiger partial charge is 0.370 e. The van der Waals surface area contributed by atoms with E-state index in [1.165, 1.54) is 12.0 Å². The van der Waals surface area contributed by atoms with Crippen molar-refractivity contribution in [2.75, 3.05) is 17.2 Å². The van der Waals surface area contributed by atoms with Crippen LogP contribution >= 0.6 is 0 Å². The molecule has 5 heteroatoms. The summed E-state index contributed by atoms with van der Waals surface area (Å²) < 4.78 is 0. The lowest BCUT2D eigenvalue weighted by atomic mass is 10.0. The highest BCUT2D eigenvalue weighted by atomic mass is 15.0. The van der Waals surface area contributed by atoms with Gasteiger partial charge in [0.25, 0.3) is 0 Å². The van der Waals surface area contributed by atoms with Crippen LogP contribution in [-0.4, -0.2) is 27.5 Å². The third-order valence-corrected chi connectivity index (χ3v) is 4.71. The molecule has 1 aliphatic heterocycles. The van der Waals surface area contributed by atoms with Crippen LogP contribution in [0, 0.1) is 0 Å². The predicted octanol–water partition coefficient (Wildman–Crippen LogP) is 3.82. The molecule has 128 valence electrons. The van der Waals surface area contributed by atoms with E-state index in [4.69, 9.17) is 4.98 Å². The van der Waals surface area contributed by atoms with Crippen molar-refractivity contribution < 1.29 is 0 Å². The van der Waals surface area contributed by atoms with Gasteiger partial charge in [-0.25, -0.2) is 15.0 Å². The van der Waals surface area contributed by atoms with Crippen LogP contribution < -0.4 is 10.6 Å². The van der Waals surface area contributed by atoms with E-state index >= 15 is 0 Å². The molecule has 25 heavy (non-hydrogen) atoms. The summed E-state index contributed by atoms with van der Waals surface area (Å²) >= 11 is 0. The zero-order chi connectivity index (χ0) is 17.1. The average molecular weight is 333 g/mol. The molecule has 2 aromatic heterocycles. The minimum absolute atomic E-state index is 0.309. The Morgan fingerprint density at radius 1 is 1.16 bits per heavy atom. The van der Waals surface area contributed by atoms with Crippen LogP contribution in [0.2, 0.25) is 0 Å². The van der Waals surface area contributed by atoms with Crippen molar-refractivity contribution in [2.45, 2.75) is 38.6 Å². The van der Waals surface area contributed by atoms with Gasteiger partial charge in [0.05, 0.1) is 5.52 Å². The number of benzene rings is 1. The Balaban J connectivity index is 1.41. The Labute approximate surface area is 147 Å². The minimum Gasteiger partial charge on any atom is -0.370 e. The maximum Gasteiger partial charge on any atom is 0.137 e. The van der Waals surface area contributed by atoms with Gasteiger partial charge < -0.3 is 10.6 Å². The van der Waals surface area contributed by atoms with Gasteiger partial charge in [0.2, 0.25) is 0 Å². The SMILES string of the molecule is CC(CCc1ccc2c(n1)NCCC2)Nc1ncnc2ccccc12. The number of aromatic nitrogens is 3. The fraction of sp³-hybridized carbons (Fsp3) is 0.350. The summed E-state index contributed by atoms with van der Waals surface area (Å²) in [5, 5.41) is 7.99. The van der Waals surface area contributed by atoms with Gasteiger partial charge >= 0.3 is 0 Å². The van der Waals surface area contributed by atoms with E-state index in [0.717, 1.165) is 54.0 Å². The highest BCUT2D eigenvalue weighted by Crippen LogP contribution is 2.22. The van der Waals surface area contributed by atoms with Gasteiger partial charge in [0, 0.05) is 23.7 Å². The minimum atomic E-state index is 0.309. The summed E-state index contributed by atoms with van der Waals surface area (Å²) in [6.07, 6.45) is 5.90. The number of nitrogens with one attached hydrogen (secondary N) is 2. The Morgan fingerprint density at radius 2 is 2.08 bits per heavy atom. The lowest BCUT2D eigenvalue weighted by molar-refractivity contribution is 0.691. The van der Waals surface area contributed by atoms with Gasteiger partial charge in [0.1, 0.15) is 18.0 Å². The van der Waals surface area contributed by atoms with Gasteiger partial charge in [-0.2, -0.15) is 0 Å². The number of nitrogens with zero attached hydrogens (tertiary/aromatic N) is 3. The Hall–Kier alpha value is -2.69. The molecule has 1 atom stereocenters. The fourth-order valence-corrected chi connectivity index (χ4v) is 3.30. The molecule has 1 aliphatic rings. The first-order valence-corrected chi connectivity index (χ1v) is 8.98. The molecule has 3 heterocycles. The molecule has 5 nitrogen and oxygen atoms in total. The van der Waals surface area contributed by atoms with Crippen molar-refractivity contribution in [3.63, 3.8) is 0 Å². The fourth-order valence-electron chi connectivity index (χ4n) is 3.30. The van der Waals surface area contributed by atoms with Crippen LogP contribution in [0.5, 0.6) is 0 Å². The molecule has 0 saturated carbocycles. The van der Waals surface area contributed by atoms with Gasteiger partial charge in [-0.3, -0.25) is 0 Å². The number of para-hydroxylation sites is 1. The molecule has 0 bridgehead atoms. The second kappa shape index (κ2) is 7.05. The van der Waals surface area contributed by atoms with Crippen LogP contribution in [0.15, 0.2) is 42.7 Å². The number of fused-ring (bicyclic) bond motifs is 2. The average Bonchev–Trinajstić information content (AvgIpc) is 2.66. The van der Waals surface area contributed by atoms with Gasteiger partial charge in [-0.1, -0.05) is 18.2 Å². The smallest absolute Gasteiger partial charge is 0.137 e. The number of hydrogen-bond acceptors (Lipinski definition) is 5. The molecule has 3 aromatic rings. The van der Waals surface area contributed by atoms with Gasteiger partial charge in [0.15, 0.2) is 0 Å². The summed E-state index contributed by atoms with van der Waals surface area (Å²) in [6.45, 7) is 3.22. The van der Waals surface area contributed by atoms with Crippen molar-refractivity contribution in [3.8, 4) is 0 Å². The standard InChI is InChI=1S/C20H23N5/c1-14(24-20-17-6-2-3-7-18(17)22-13-23-20)8-10-16-11-9-15-5-4-12-21-19(15)25-16/h2-3,6-7,9,11,13-14H,4-5,8,10,12H2,1H3,(H,21,25)(H,22,23,24). The molecule has 0 fully saturated rings. The molecule has 0 saturated heterocycles. The summed E-state index contributed by atoms with van der Waals surface area (Å²) in [4.78, 5) is 13.5. The van der Waals surface area contributed by atoms with E-state index in [9.17, 15) is 0 Å². The Bertz CT molecular complexity index is 872. The summed E-state index contributed by atoms with van der Waals surface area (Å²) in [5.74, 6) is 1.98. The van der Waals surface area contributed by atoms with Crippen molar-refractivity contribution >= 4 is 22.5 Å². The highest BCUT2D eigenvalue weighted by molar-refractivity contribution is 5.88. The van der Waals surface area contributed by atoms with Crippen molar-refractivity contribution in [1.82, 2.24) is 15.0 Å². The molecular weight excluding hydrogens is 310 g/mol. The first kappa shape index (κ1) is 15.8. The number of hydrogen-bond donors (Lipinski definition) is 2. The van der Waals surface area contributed by atoms with Gasteiger partial charge in [-0.15, -0.1) is 0 Å². The molecule has 1 unspecified atom stereocenters. The Kier molecular flexibility index (Phi) is 4.46. The van der Waals surface area contributed by atoms with E-state index in [0.29, 0.717) is 6.04 Å². The van der Waals surface area contributed by atoms with Crippen molar-refractivity contribution in [2.24, 2.45) is 0 Å². The maximum absolute atomic E-state index is 4.78. The molecule has 4 rings (SSSR count). The predicted molar refractivity (Wildman–Crippen MR) is 102 cm³/mol. The lowest BCUT2D eigenvalue weighted by Gasteiger charge is -2.18. The number of aryl methyl sites for hydroxylation is 2. The zero-order valence-corrected chi connectivity index (χ0v) is 14.5. The van der Waals surface area contributed by atoms with Crippen molar-refractivity contribution in [3.05, 3.63) is 54.0 Å². The third kappa shape index (κ3) is 3.55. The van der Waals surface area contributed by atoms with E-state index in [2.05, 4.69) is 45.7 Å². The molecule has 0 spiro atoms. The molecule has 1 aromatic carbocycles. The molecule has 0 amide bonds. The third-order valence-electron chi connectivity index (χ3n) is 4.71. The molecule has 2 N–H and O–H groups in total. The molecule has 0 aliphatic carbocycles. The Morgan fingerprint density at radius 3 is 3.04 bits per heavy atom. The maximum atomic E-state index is 4.78. The van der Waals surface area contributed by atoms with Gasteiger partial charge in [-0.05, 0) is 56.4 Å². The first-order chi connectivity index (χ1) is 12.3. The topological polar surface area (TPSA) is 62.7 Å². The van der Waals surface area contributed by atoms with Crippen LogP contribution in [0.25, 0.3) is 10.9 Å². The van der Waals surface area contributed by atoms with E-state index < -0.39 is 0 Å². The second-order valence-corrected chi connectivity index (χ2v) is 6.66. The number of anilines is 2. The zero-order valence-electron chi connectivity index (χ0n) is 14.5. The van der Waals surface area contributed by atoms with Crippen LogP contribution in [0.4, 0.5) is 11.6 Å². The highest BCUT2D eigenvalue weighted by Gasteiger charge is 2.12. The first-order valence-electron chi connectivity index (χ1n) is 8.98. The normalized spacial score (nSPS) is 14.6. The lowest BCUT2D eigenvalue weighted by Crippen LogP contribution is -2.18. The quantitative estimate of drug-likeness (QED) is 0.743. The number of pyridine rings is 1. The molecule has 0 radical (unpaired) electrons. The second-order valence-electron chi connectivity index (χ2n) is 6.66. The molecular formula is C20H23N5. The van der Waals surface area contributed by atoms with E-state index in [1.807, 2.05) is 18.2 Å². The van der Waals surface area contributed by atoms with Crippen LogP contribution in [-0.2, 0) is 12.8 Å². The van der Waals surface area contributed by atoms with Crippen LogP contribution in [0.3, 0.4) is 0 Å². The summed E-state index contributed by atoms with van der Waals surface area (Å²) in [5.41, 5.74) is 3.46. The summed E-state index contributed by atoms with van der Waals surface area (Å²) in [6, 6.07) is 12.8. The van der Waals surface area contributed by atoms with E-state index in [1.54, 1.807) is 6.33 Å². The van der Waals surface area contributed by atoms with E-state index in [-0.39, 0.29) is 0 Å².